The van der Waals surface area contributed by atoms with Crippen molar-refractivity contribution in [3.05, 3.63) is 90.1 Å². The zero-order valence-corrected chi connectivity index (χ0v) is 20.6. The smallest absolute Gasteiger partial charge is 0.320 e. The molecule has 10 heteroatoms. The molecular formula is C25H28ClN7O2. The van der Waals surface area contributed by atoms with Crippen LogP contribution in [-0.2, 0) is 12.0 Å². The SMILES string of the molecule is C=C(Cl)/N=C(\C=C/N)Oc1ccccc1CNC(=O)Nc1cc(C(C)(C)C)nn1-c1cccnc1. The zero-order valence-electron chi connectivity index (χ0n) is 19.8. The molecule has 0 bridgehead atoms. The number of ether oxygens (including phenoxy) is 1. The minimum Gasteiger partial charge on any atom is -0.439 e. The molecule has 3 rings (SSSR count). The summed E-state index contributed by atoms with van der Waals surface area (Å²) in [5.41, 5.74) is 7.54. The van der Waals surface area contributed by atoms with Crippen molar-refractivity contribution < 1.29 is 9.53 Å². The summed E-state index contributed by atoms with van der Waals surface area (Å²) in [6, 6.07) is 12.3. The van der Waals surface area contributed by atoms with E-state index in [-0.39, 0.29) is 23.0 Å². The van der Waals surface area contributed by atoms with Gasteiger partial charge in [-0.15, -0.1) is 0 Å². The summed E-state index contributed by atoms with van der Waals surface area (Å²) >= 11 is 5.77. The number of carbonyl (C=O) groups is 1. The molecule has 0 aliphatic carbocycles. The molecule has 0 aliphatic heterocycles. The van der Waals surface area contributed by atoms with Gasteiger partial charge in [0.05, 0.1) is 17.6 Å². The Labute approximate surface area is 209 Å². The highest BCUT2D eigenvalue weighted by Crippen LogP contribution is 2.26. The van der Waals surface area contributed by atoms with Gasteiger partial charge in [-0.05, 0) is 24.4 Å². The molecule has 0 atom stereocenters. The topological polar surface area (TPSA) is 119 Å². The van der Waals surface area contributed by atoms with Gasteiger partial charge in [0.2, 0.25) is 5.90 Å². The van der Waals surface area contributed by atoms with Crippen molar-refractivity contribution in [2.75, 3.05) is 5.32 Å². The van der Waals surface area contributed by atoms with Gasteiger partial charge in [0.15, 0.2) is 0 Å². The molecule has 2 heterocycles. The Kier molecular flexibility index (Phi) is 8.27. The first-order chi connectivity index (χ1) is 16.7. The summed E-state index contributed by atoms with van der Waals surface area (Å²) in [7, 11) is 0. The number of hydrogen-bond acceptors (Lipinski definition) is 6. The largest absolute Gasteiger partial charge is 0.439 e. The van der Waals surface area contributed by atoms with Crippen molar-refractivity contribution in [1.29, 1.82) is 0 Å². The number of rotatable bonds is 7. The highest BCUT2D eigenvalue weighted by molar-refractivity contribution is 6.29. The molecule has 4 N–H and O–H groups in total. The Bertz CT molecular complexity index is 1240. The Hall–Kier alpha value is -4.11. The third-order valence-corrected chi connectivity index (χ3v) is 4.79. The fraction of sp³-hybridized carbons (Fsp3) is 0.200. The van der Waals surface area contributed by atoms with Crippen LogP contribution in [0.15, 0.2) is 83.9 Å². The number of nitrogens with zero attached hydrogens (tertiary/aromatic N) is 4. The van der Waals surface area contributed by atoms with Gasteiger partial charge >= 0.3 is 6.03 Å². The molecule has 0 unspecified atom stereocenters. The van der Waals surface area contributed by atoms with Crippen LogP contribution in [0.5, 0.6) is 5.75 Å². The molecular weight excluding hydrogens is 466 g/mol. The van der Waals surface area contributed by atoms with E-state index in [0.29, 0.717) is 11.6 Å². The Balaban J connectivity index is 1.76. The van der Waals surface area contributed by atoms with E-state index in [1.54, 1.807) is 29.2 Å². The summed E-state index contributed by atoms with van der Waals surface area (Å²) < 4.78 is 7.47. The van der Waals surface area contributed by atoms with Crippen molar-refractivity contribution in [2.45, 2.75) is 32.7 Å². The number of aromatic nitrogens is 3. The summed E-state index contributed by atoms with van der Waals surface area (Å²) in [6.45, 7) is 9.89. The molecule has 2 aromatic heterocycles. The average molecular weight is 494 g/mol. The van der Waals surface area contributed by atoms with Crippen LogP contribution >= 0.6 is 11.6 Å². The van der Waals surface area contributed by atoms with Crippen LogP contribution in [0.25, 0.3) is 5.69 Å². The predicted molar refractivity (Wildman–Crippen MR) is 139 cm³/mol. The fourth-order valence-electron chi connectivity index (χ4n) is 3.01. The molecule has 0 spiro atoms. The van der Waals surface area contributed by atoms with Crippen molar-refractivity contribution in [3.63, 3.8) is 0 Å². The second kappa shape index (κ2) is 11.3. The van der Waals surface area contributed by atoms with Crippen molar-refractivity contribution in [1.82, 2.24) is 20.1 Å². The highest BCUT2D eigenvalue weighted by atomic mass is 35.5. The van der Waals surface area contributed by atoms with E-state index in [1.807, 2.05) is 30.3 Å². The molecule has 9 nitrogen and oxygen atoms in total. The van der Waals surface area contributed by atoms with Crippen molar-refractivity contribution in [3.8, 4) is 11.4 Å². The number of urea groups is 1. The van der Waals surface area contributed by atoms with E-state index >= 15 is 0 Å². The van der Waals surface area contributed by atoms with Gasteiger partial charge < -0.3 is 15.8 Å². The van der Waals surface area contributed by atoms with E-state index in [4.69, 9.17) is 22.1 Å². The predicted octanol–water partition coefficient (Wildman–Crippen LogP) is 4.85. The average Bonchev–Trinajstić information content (AvgIpc) is 3.23. The number of nitrogens with two attached hydrogens (primary N) is 1. The highest BCUT2D eigenvalue weighted by Gasteiger charge is 2.21. The Morgan fingerprint density at radius 1 is 1.29 bits per heavy atom. The lowest BCUT2D eigenvalue weighted by Gasteiger charge is -2.14. The van der Waals surface area contributed by atoms with Gasteiger partial charge in [-0.1, -0.05) is 57.2 Å². The molecule has 3 aromatic rings. The van der Waals surface area contributed by atoms with Crippen LogP contribution in [0.1, 0.15) is 32.0 Å². The first-order valence-electron chi connectivity index (χ1n) is 10.8. The summed E-state index contributed by atoms with van der Waals surface area (Å²) in [4.78, 5) is 21.0. The Morgan fingerprint density at radius 2 is 2.06 bits per heavy atom. The van der Waals surface area contributed by atoms with Crippen LogP contribution in [0.4, 0.5) is 10.6 Å². The van der Waals surface area contributed by atoms with E-state index in [9.17, 15) is 4.79 Å². The van der Waals surface area contributed by atoms with Gasteiger partial charge in [0.1, 0.15) is 16.7 Å². The number of anilines is 1. The molecule has 0 saturated heterocycles. The number of nitrogens with one attached hydrogen (secondary N) is 2. The molecule has 0 saturated carbocycles. The standard InChI is InChI=1S/C25H28ClN7O2/c1-17(26)30-23(11-12-27)35-20-10-6-5-8-18(20)15-29-24(34)31-22-14-21(25(2,3)4)32-33(22)19-9-7-13-28-16-19/h5-14,16H,1,15,27H2,2-4H3,(H2,29,31,34)/b12-11-,30-23+. The van der Waals surface area contributed by atoms with E-state index in [2.05, 4.69) is 53.1 Å². The van der Waals surface area contributed by atoms with Crippen LogP contribution in [0.2, 0.25) is 0 Å². The van der Waals surface area contributed by atoms with E-state index < -0.39 is 6.03 Å². The minimum absolute atomic E-state index is 0.0490. The monoisotopic (exact) mass is 493 g/mol. The van der Waals surface area contributed by atoms with E-state index in [0.717, 1.165) is 16.9 Å². The lowest BCUT2D eigenvalue weighted by molar-refractivity contribution is 0.251. The van der Waals surface area contributed by atoms with Crippen LogP contribution < -0.4 is 21.1 Å². The number of carbonyl (C=O) groups excluding carboxylic acids is 1. The molecule has 0 fully saturated rings. The van der Waals surface area contributed by atoms with E-state index in [1.165, 1.54) is 12.3 Å². The maximum atomic E-state index is 12.8. The van der Waals surface area contributed by atoms with Crippen LogP contribution in [0.3, 0.4) is 0 Å². The number of amides is 2. The zero-order chi connectivity index (χ0) is 25.4. The second-order valence-electron chi connectivity index (χ2n) is 8.49. The fourth-order valence-corrected chi connectivity index (χ4v) is 3.09. The number of aliphatic imine (C=N–C) groups is 1. The normalized spacial score (nSPS) is 11.9. The number of hydrogen-bond donors (Lipinski definition) is 3. The quantitative estimate of drug-likeness (QED) is 0.247. The lowest BCUT2D eigenvalue weighted by Crippen LogP contribution is -2.29. The molecule has 35 heavy (non-hydrogen) atoms. The summed E-state index contributed by atoms with van der Waals surface area (Å²) in [6.07, 6.45) is 6.10. The van der Waals surface area contributed by atoms with Gasteiger partial charge in [0.25, 0.3) is 0 Å². The number of benzene rings is 1. The summed E-state index contributed by atoms with van der Waals surface area (Å²) in [5, 5.41) is 10.5. The molecule has 182 valence electrons. The lowest BCUT2D eigenvalue weighted by atomic mass is 9.92. The van der Waals surface area contributed by atoms with Gasteiger partial charge in [0, 0.05) is 35.9 Å². The molecule has 0 aliphatic rings. The van der Waals surface area contributed by atoms with Crippen molar-refractivity contribution >= 4 is 29.3 Å². The molecule has 1 aromatic carbocycles. The Morgan fingerprint density at radius 3 is 2.71 bits per heavy atom. The minimum atomic E-state index is -0.407. The van der Waals surface area contributed by atoms with Gasteiger partial charge in [-0.3, -0.25) is 10.3 Å². The maximum Gasteiger partial charge on any atom is 0.320 e. The number of para-hydroxylation sites is 1. The first-order valence-corrected chi connectivity index (χ1v) is 11.2. The van der Waals surface area contributed by atoms with Crippen molar-refractivity contribution in [2.24, 2.45) is 10.7 Å². The summed E-state index contributed by atoms with van der Waals surface area (Å²) in [5.74, 6) is 1.17. The first kappa shape index (κ1) is 25.5. The van der Waals surface area contributed by atoms with Crippen LogP contribution in [-0.4, -0.2) is 26.7 Å². The molecule has 0 radical (unpaired) electrons. The number of halogens is 1. The third-order valence-electron chi connectivity index (χ3n) is 4.71. The van der Waals surface area contributed by atoms with Gasteiger partial charge in [-0.25, -0.2) is 14.5 Å². The van der Waals surface area contributed by atoms with Gasteiger partial charge in [-0.2, -0.15) is 5.10 Å². The number of pyridine rings is 1. The second-order valence-corrected chi connectivity index (χ2v) is 8.93. The molecule has 2 amide bonds. The maximum absolute atomic E-state index is 12.8. The third kappa shape index (κ3) is 7.18. The van der Waals surface area contributed by atoms with Crippen LogP contribution in [0, 0.1) is 0 Å².